The summed E-state index contributed by atoms with van der Waals surface area (Å²) in [6, 6.07) is 14.0. The number of aryl methyl sites for hydroxylation is 1. The van der Waals surface area contributed by atoms with E-state index in [1.54, 1.807) is 13.1 Å². The lowest BCUT2D eigenvalue weighted by Crippen LogP contribution is -2.34. The van der Waals surface area contributed by atoms with E-state index in [0.29, 0.717) is 5.52 Å². The van der Waals surface area contributed by atoms with Gasteiger partial charge in [0.2, 0.25) is 10.0 Å². The van der Waals surface area contributed by atoms with Crippen molar-refractivity contribution in [2.75, 3.05) is 0 Å². The second-order valence-corrected chi connectivity index (χ2v) is 7.79. The lowest BCUT2D eigenvalue weighted by molar-refractivity contribution is 0.526. The number of nitrogens with zero attached hydrogens (tertiary/aromatic N) is 1. The smallest absolute Gasteiger partial charge is 0.408 e. The molecule has 0 bridgehead atoms. The third-order valence-electron chi connectivity index (χ3n) is 4.48. The predicted octanol–water partition coefficient (Wildman–Crippen LogP) is 2.10. The highest BCUT2D eigenvalue weighted by atomic mass is 32.2. The van der Waals surface area contributed by atoms with Crippen LogP contribution in [0.1, 0.15) is 18.4 Å². The molecule has 24 heavy (non-hydrogen) atoms. The number of oxazole rings is 1. The minimum absolute atomic E-state index is 0.0894. The van der Waals surface area contributed by atoms with Crippen molar-refractivity contribution in [1.82, 2.24) is 9.29 Å². The number of sulfonamides is 1. The zero-order valence-electron chi connectivity index (χ0n) is 13.0. The van der Waals surface area contributed by atoms with E-state index in [1.165, 1.54) is 16.7 Å². The first-order valence-electron chi connectivity index (χ1n) is 7.60. The van der Waals surface area contributed by atoms with Gasteiger partial charge >= 0.3 is 5.76 Å². The van der Waals surface area contributed by atoms with Gasteiger partial charge in [-0.05, 0) is 30.5 Å². The number of hydrogen-bond donors (Lipinski definition) is 1. The summed E-state index contributed by atoms with van der Waals surface area (Å²) in [5.74, 6) is -0.518. The fourth-order valence-electron chi connectivity index (χ4n) is 2.93. The Morgan fingerprint density at radius 1 is 1.12 bits per heavy atom. The van der Waals surface area contributed by atoms with Crippen molar-refractivity contribution in [2.24, 2.45) is 7.05 Å². The van der Waals surface area contributed by atoms with Crippen LogP contribution in [0, 0.1) is 0 Å². The van der Waals surface area contributed by atoms with E-state index in [0.717, 1.165) is 18.4 Å². The van der Waals surface area contributed by atoms with Crippen LogP contribution < -0.4 is 10.5 Å². The van der Waals surface area contributed by atoms with Crippen molar-refractivity contribution in [2.45, 2.75) is 23.3 Å². The molecule has 0 spiro atoms. The minimum atomic E-state index is -3.72. The number of rotatable bonds is 4. The van der Waals surface area contributed by atoms with Gasteiger partial charge in [0.25, 0.3) is 0 Å². The first-order chi connectivity index (χ1) is 11.4. The zero-order valence-corrected chi connectivity index (χ0v) is 13.8. The molecule has 1 saturated carbocycles. The van der Waals surface area contributed by atoms with Crippen molar-refractivity contribution in [3.63, 3.8) is 0 Å². The largest absolute Gasteiger partial charge is 0.419 e. The third-order valence-corrected chi connectivity index (χ3v) is 6.01. The highest BCUT2D eigenvalue weighted by Crippen LogP contribution is 2.46. The van der Waals surface area contributed by atoms with E-state index in [-0.39, 0.29) is 10.5 Å². The number of fused-ring (bicyclic) bond motifs is 1. The normalized spacial score (nSPS) is 16.4. The Labute approximate surface area is 138 Å². The maximum Gasteiger partial charge on any atom is 0.419 e. The average molecular weight is 344 g/mol. The summed E-state index contributed by atoms with van der Waals surface area (Å²) in [5, 5.41) is 0. The Hall–Kier alpha value is -2.38. The van der Waals surface area contributed by atoms with E-state index in [4.69, 9.17) is 4.42 Å². The average Bonchev–Trinajstić information content (AvgIpc) is 3.29. The summed E-state index contributed by atoms with van der Waals surface area (Å²) in [6.07, 6.45) is 1.53. The van der Waals surface area contributed by atoms with Crippen molar-refractivity contribution < 1.29 is 12.8 Å². The molecule has 6 nitrogen and oxygen atoms in total. The summed E-state index contributed by atoms with van der Waals surface area (Å²) in [7, 11) is -2.14. The lowest BCUT2D eigenvalue weighted by Gasteiger charge is -2.18. The summed E-state index contributed by atoms with van der Waals surface area (Å²) in [4.78, 5) is 11.6. The van der Waals surface area contributed by atoms with Gasteiger partial charge in [0.1, 0.15) is 0 Å². The molecule has 0 aliphatic heterocycles. The minimum Gasteiger partial charge on any atom is -0.408 e. The summed E-state index contributed by atoms with van der Waals surface area (Å²) < 4.78 is 34.7. The van der Waals surface area contributed by atoms with Crippen molar-refractivity contribution >= 4 is 21.1 Å². The molecule has 4 rings (SSSR count). The van der Waals surface area contributed by atoms with E-state index in [2.05, 4.69) is 4.72 Å². The van der Waals surface area contributed by atoms with Crippen LogP contribution in [0.15, 0.2) is 62.6 Å². The van der Waals surface area contributed by atoms with Crippen LogP contribution in [0.4, 0.5) is 0 Å². The fraction of sp³-hybridized carbons (Fsp3) is 0.235. The van der Waals surface area contributed by atoms with Crippen LogP contribution in [0.3, 0.4) is 0 Å². The molecule has 0 atom stereocenters. The second-order valence-electron chi connectivity index (χ2n) is 6.11. The number of aromatic nitrogens is 1. The molecule has 7 heteroatoms. The quantitative estimate of drug-likeness (QED) is 0.786. The second kappa shape index (κ2) is 5.06. The van der Waals surface area contributed by atoms with Gasteiger partial charge in [0.15, 0.2) is 5.58 Å². The topological polar surface area (TPSA) is 81.3 Å². The fourth-order valence-corrected chi connectivity index (χ4v) is 4.39. The van der Waals surface area contributed by atoms with Gasteiger partial charge in [0, 0.05) is 13.1 Å². The summed E-state index contributed by atoms with van der Waals surface area (Å²) >= 11 is 0. The highest BCUT2D eigenvalue weighted by molar-refractivity contribution is 7.89. The summed E-state index contributed by atoms with van der Waals surface area (Å²) in [6.45, 7) is 0. The van der Waals surface area contributed by atoms with Gasteiger partial charge in [-0.15, -0.1) is 0 Å². The van der Waals surface area contributed by atoms with Gasteiger partial charge < -0.3 is 4.42 Å². The lowest BCUT2D eigenvalue weighted by atomic mass is 10.1. The Balaban J connectivity index is 1.72. The van der Waals surface area contributed by atoms with Crippen molar-refractivity contribution in [3.8, 4) is 0 Å². The first kappa shape index (κ1) is 15.2. The van der Waals surface area contributed by atoms with Crippen molar-refractivity contribution in [1.29, 1.82) is 0 Å². The van der Waals surface area contributed by atoms with Gasteiger partial charge in [-0.25, -0.2) is 17.9 Å². The molecule has 0 amide bonds. The van der Waals surface area contributed by atoms with Crippen LogP contribution >= 0.6 is 0 Å². The maximum atomic E-state index is 12.8. The Morgan fingerprint density at radius 2 is 1.83 bits per heavy atom. The predicted molar refractivity (Wildman–Crippen MR) is 89.1 cm³/mol. The van der Waals surface area contributed by atoms with Gasteiger partial charge in [0.05, 0.1) is 16.0 Å². The zero-order chi connectivity index (χ0) is 16.9. The molecule has 0 saturated heterocycles. The molecule has 2 aromatic carbocycles. The van der Waals surface area contributed by atoms with Gasteiger partial charge in [-0.1, -0.05) is 30.3 Å². The maximum absolute atomic E-state index is 12.8. The number of benzene rings is 2. The third kappa shape index (κ3) is 2.37. The number of hydrogen-bond acceptors (Lipinski definition) is 4. The summed E-state index contributed by atoms with van der Waals surface area (Å²) in [5.41, 5.74) is 1.24. The molecule has 3 aromatic rings. The van der Waals surface area contributed by atoms with Crippen LogP contribution in [-0.2, 0) is 22.6 Å². The molecular formula is C17H16N2O4S. The van der Waals surface area contributed by atoms with Crippen LogP contribution in [0.25, 0.3) is 11.1 Å². The molecular weight excluding hydrogens is 328 g/mol. The monoisotopic (exact) mass is 344 g/mol. The van der Waals surface area contributed by atoms with E-state index < -0.39 is 21.3 Å². The molecule has 1 aromatic heterocycles. The van der Waals surface area contributed by atoms with Crippen LogP contribution in [0.5, 0.6) is 0 Å². The van der Waals surface area contributed by atoms with Crippen molar-refractivity contribution in [3.05, 3.63) is 64.6 Å². The molecule has 124 valence electrons. The molecule has 1 aliphatic carbocycles. The van der Waals surface area contributed by atoms with E-state index >= 15 is 0 Å². The standard InChI is InChI=1S/C17H16N2O4S/c1-19-14-8-7-13(11-15(14)23-16(19)20)24(21,22)18-17(9-10-17)12-5-3-2-4-6-12/h2-8,11,18H,9-10H2,1H3. The van der Waals surface area contributed by atoms with Crippen LogP contribution in [0.2, 0.25) is 0 Å². The van der Waals surface area contributed by atoms with Gasteiger partial charge in [-0.2, -0.15) is 0 Å². The Bertz CT molecular complexity index is 1080. The van der Waals surface area contributed by atoms with E-state index in [1.807, 2.05) is 30.3 Å². The first-order valence-corrected chi connectivity index (χ1v) is 9.09. The van der Waals surface area contributed by atoms with E-state index in [9.17, 15) is 13.2 Å². The molecule has 1 fully saturated rings. The molecule has 1 N–H and O–H groups in total. The Morgan fingerprint density at radius 3 is 2.50 bits per heavy atom. The molecule has 1 aliphatic rings. The number of nitrogens with one attached hydrogen (secondary N) is 1. The molecule has 1 heterocycles. The molecule has 0 unspecified atom stereocenters. The SMILES string of the molecule is Cn1c(=O)oc2cc(S(=O)(=O)NC3(c4ccccc4)CC3)ccc21. The van der Waals surface area contributed by atoms with Gasteiger partial charge in [-0.3, -0.25) is 4.57 Å². The Kier molecular flexibility index (Phi) is 3.20. The molecule has 0 radical (unpaired) electrons. The van der Waals surface area contributed by atoms with Crippen LogP contribution in [-0.4, -0.2) is 13.0 Å². The highest BCUT2D eigenvalue weighted by Gasteiger charge is 2.47.